The van der Waals surface area contributed by atoms with Gasteiger partial charge >= 0.3 is 5.69 Å². The minimum Gasteiger partial charge on any atom is -0.384 e. The van der Waals surface area contributed by atoms with E-state index in [1.165, 1.54) is 17.0 Å². The Kier molecular flexibility index (Phi) is 4.62. The fraction of sp³-hybridized carbons (Fsp3) is 0.455. The fourth-order valence-electron chi connectivity index (χ4n) is 1.47. The summed E-state index contributed by atoms with van der Waals surface area (Å²) in [7, 11) is 1.65. The predicted octanol–water partition coefficient (Wildman–Crippen LogP) is 0.851. The van der Waals surface area contributed by atoms with E-state index in [9.17, 15) is 14.9 Å². The number of nitrogen functional groups attached to an aromatic ring is 1. The lowest BCUT2D eigenvalue weighted by atomic mass is 10.2. The molecule has 0 aliphatic carbocycles. The first-order valence-electron chi connectivity index (χ1n) is 5.79. The largest absolute Gasteiger partial charge is 0.384 e. The summed E-state index contributed by atoms with van der Waals surface area (Å²) in [6.07, 6.45) is 0. The smallest absolute Gasteiger partial charge is 0.311 e. The summed E-state index contributed by atoms with van der Waals surface area (Å²) in [4.78, 5) is 27.5. The zero-order valence-corrected chi connectivity index (χ0v) is 11.1. The highest BCUT2D eigenvalue weighted by Crippen LogP contribution is 2.23. The molecule has 104 valence electrons. The summed E-state index contributed by atoms with van der Waals surface area (Å²) in [6.45, 7) is 4.01. The summed E-state index contributed by atoms with van der Waals surface area (Å²) in [6, 6.07) is 1.97. The third-order valence-corrected chi connectivity index (χ3v) is 2.67. The van der Waals surface area contributed by atoms with Crippen LogP contribution in [0.1, 0.15) is 13.8 Å². The molecule has 1 heterocycles. The van der Waals surface area contributed by atoms with Gasteiger partial charge in [0.25, 0.3) is 0 Å². The molecule has 0 aliphatic rings. The van der Waals surface area contributed by atoms with E-state index < -0.39 is 11.0 Å². The number of nitrogens with two attached hydrogens (primary N) is 1. The van der Waals surface area contributed by atoms with Crippen LogP contribution in [0.5, 0.6) is 0 Å². The van der Waals surface area contributed by atoms with E-state index in [0.29, 0.717) is 6.54 Å². The molecule has 0 saturated carbocycles. The first-order valence-corrected chi connectivity index (χ1v) is 5.79. The molecule has 3 N–H and O–H groups in total. The second-order valence-electron chi connectivity index (χ2n) is 4.08. The molecule has 8 heteroatoms. The Morgan fingerprint density at radius 1 is 1.63 bits per heavy atom. The number of aromatic nitrogens is 1. The van der Waals surface area contributed by atoms with Crippen LogP contribution in [0.3, 0.4) is 0 Å². The van der Waals surface area contributed by atoms with E-state index >= 15 is 0 Å². The SMILES string of the molecule is CCN(C)C(=O)C(C)Nc1nc(N)ccc1[N+](=O)[O-]. The highest BCUT2D eigenvalue weighted by atomic mass is 16.6. The molecule has 8 nitrogen and oxygen atoms in total. The van der Waals surface area contributed by atoms with Crippen molar-refractivity contribution in [3.63, 3.8) is 0 Å². The third-order valence-electron chi connectivity index (χ3n) is 2.67. The Morgan fingerprint density at radius 2 is 2.26 bits per heavy atom. The van der Waals surface area contributed by atoms with E-state index in [1.54, 1.807) is 14.0 Å². The second-order valence-corrected chi connectivity index (χ2v) is 4.08. The fourth-order valence-corrected chi connectivity index (χ4v) is 1.47. The third kappa shape index (κ3) is 3.54. The molecule has 1 aromatic rings. The van der Waals surface area contributed by atoms with E-state index in [0.717, 1.165) is 0 Å². The monoisotopic (exact) mass is 267 g/mol. The molecule has 1 rings (SSSR count). The first-order chi connectivity index (χ1) is 8.86. The lowest BCUT2D eigenvalue weighted by Gasteiger charge is -2.20. The molecular weight excluding hydrogens is 250 g/mol. The van der Waals surface area contributed by atoms with Crippen molar-refractivity contribution in [1.29, 1.82) is 0 Å². The number of likely N-dealkylation sites (N-methyl/N-ethyl adjacent to an activating group) is 1. The maximum Gasteiger partial charge on any atom is 0.311 e. The summed E-state index contributed by atoms with van der Waals surface area (Å²) in [5, 5.41) is 13.6. The normalized spacial score (nSPS) is 11.7. The predicted molar refractivity (Wildman–Crippen MR) is 71.7 cm³/mol. The molecule has 0 radical (unpaired) electrons. The maximum absolute atomic E-state index is 11.9. The van der Waals surface area contributed by atoms with Crippen molar-refractivity contribution in [1.82, 2.24) is 9.88 Å². The van der Waals surface area contributed by atoms with Crippen LogP contribution < -0.4 is 11.1 Å². The van der Waals surface area contributed by atoms with Crippen molar-refractivity contribution in [3.05, 3.63) is 22.2 Å². The van der Waals surface area contributed by atoms with E-state index in [-0.39, 0.29) is 23.2 Å². The zero-order valence-electron chi connectivity index (χ0n) is 11.1. The van der Waals surface area contributed by atoms with Gasteiger partial charge in [-0.2, -0.15) is 0 Å². The Hall–Kier alpha value is -2.38. The van der Waals surface area contributed by atoms with Crippen molar-refractivity contribution in [2.45, 2.75) is 19.9 Å². The number of carbonyl (C=O) groups excluding carboxylic acids is 1. The van der Waals surface area contributed by atoms with Crippen LogP contribution in [0, 0.1) is 10.1 Å². The van der Waals surface area contributed by atoms with Crippen molar-refractivity contribution < 1.29 is 9.72 Å². The maximum atomic E-state index is 11.9. The van der Waals surface area contributed by atoms with Crippen LogP contribution in [0.2, 0.25) is 0 Å². The van der Waals surface area contributed by atoms with Gasteiger partial charge in [-0.15, -0.1) is 0 Å². The van der Waals surface area contributed by atoms with Gasteiger partial charge < -0.3 is 16.0 Å². The number of carbonyl (C=O) groups is 1. The van der Waals surface area contributed by atoms with Gasteiger partial charge in [-0.05, 0) is 19.9 Å². The van der Waals surface area contributed by atoms with E-state index in [4.69, 9.17) is 5.73 Å². The molecule has 0 spiro atoms. The van der Waals surface area contributed by atoms with Gasteiger partial charge in [0, 0.05) is 19.7 Å². The lowest BCUT2D eigenvalue weighted by molar-refractivity contribution is -0.384. The van der Waals surface area contributed by atoms with Gasteiger partial charge in [0.05, 0.1) is 4.92 Å². The van der Waals surface area contributed by atoms with Crippen LogP contribution >= 0.6 is 0 Å². The highest BCUT2D eigenvalue weighted by molar-refractivity contribution is 5.84. The highest BCUT2D eigenvalue weighted by Gasteiger charge is 2.22. The summed E-state index contributed by atoms with van der Waals surface area (Å²) in [5.74, 6) is -0.0343. The first kappa shape index (κ1) is 14.7. The molecule has 1 amide bonds. The number of hydrogen-bond donors (Lipinski definition) is 2. The number of nitro groups is 1. The standard InChI is InChI=1S/C11H17N5O3/c1-4-15(3)11(17)7(2)13-10-8(16(18)19)5-6-9(12)14-10/h5-7H,4H2,1-3H3,(H3,12,13,14). The Morgan fingerprint density at radius 3 is 2.79 bits per heavy atom. The van der Waals surface area contributed by atoms with Crippen molar-refractivity contribution >= 4 is 23.2 Å². The molecule has 19 heavy (non-hydrogen) atoms. The number of amides is 1. The average molecular weight is 267 g/mol. The van der Waals surface area contributed by atoms with Gasteiger partial charge in [0.1, 0.15) is 11.9 Å². The topological polar surface area (TPSA) is 114 Å². The van der Waals surface area contributed by atoms with Gasteiger partial charge in [-0.3, -0.25) is 14.9 Å². The van der Waals surface area contributed by atoms with Crippen LogP contribution in [0.25, 0.3) is 0 Å². The quantitative estimate of drug-likeness (QED) is 0.603. The van der Waals surface area contributed by atoms with Gasteiger partial charge in [0.15, 0.2) is 0 Å². The van der Waals surface area contributed by atoms with E-state index in [2.05, 4.69) is 10.3 Å². The van der Waals surface area contributed by atoms with Crippen LogP contribution in [-0.2, 0) is 4.79 Å². The number of nitrogens with zero attached hydrogens (tertiary/aromatic N) is 3. The van der Waals surface area contributed by atoms with Gasteiger partial charge in [0.2, 0.25) is 11.7 Å². The average Bonchev–Trinajstić information content (AvgIpc) is 2.36. The van der Waals surface area contributed by atoms with Crippen molar-refractivity contribution in [3.8, 4) is 0 Å². The number of nitrogens with one attached hydrogen (secondary N) is 1. The lowest BCUT2D eigenvalue weighted by Crippen LogP contribution is -2.39. The van der Waals surface area contributed by atoms with Crippen LogP contribution in [0.4, 0.5) is 17.3 Å². The summed E-state index contributed by atoms with van der Waals surface area (Å²) < 4.78 is 0. The van der Waals surface area contributed by atoms with Crippen molar-refractivity contribution in [2.75, 3.05) is 24.6 Å². The minimum atomic E-state index is -0.627. The van der Waals surface area contributed by atoms with Gasteiger partial charge in [-0.25, -0.2) is 4.98 Å². The van der Waals surface area contributed by atoms with Crippen LogP contribution in [0.15, 0.2) is 12.1 Å². The number of pyridine rings is 1. The molecule has 1 unspecified atom stereocenters. The van der Waals surface area contributed by atoms with E-state index in [1.807, 2.05) is 6.92 Å². The van der Waals surface area contributed by atoms with Gasteiger partial charge in [-0.1, -0.05) is 0 Å². The molecule has 1 atom stereocenters. The minimum absolute atomic E-state index is 0.00430. The number of rotatable bonds is 5. The molecular formula is C11H17N5O3. The molecule has 0 aromatic carbocycles. The second kappa shape index (κ2) is 5.98. The molecule has 0 saturated heterocycles. The van der Waals surface area contributed by atoms with Crippen molar-refractivity contribution in [2.24, 2.45) is 0 Å². The molecule has 0 fully saturated rings. The molecule has 0 bridgehead atoms. The van der Waals surface area contributed by atoms with Crippen LogP contribution in [-0.4, -0.2) is 40.3 Å². The number of hydrogen-bond acceptors (Lipinski definition) is 6. The molecule has 1 aromatic heterocycles. The zero-order chi connectivity index (χ0) is 14.6. The summed E-state index contributed by atoms with van der Waals surface area (Å²) >= 11 is 0. The Labute approximate surface area is 110 Å². The Bertz CT molecular complexity index is 491. The summed E-state index contributed by atoms with van der Waals surface area (Å²) in [5.41, 5.74) is 5.28. The Balaban J connectivity index is 2.95. The molecule has 0 aliphatic heterocycles. The number of anilines is 2.